The number of thiophene rings is 1. The van der Waals surface area contributed by atoms with E-state index in [0.29, 0.717) is 34.0 Å². The molecule has 3 heterocycles. The highest BCUT2D eigenvalue weighted by atomic mass is 32.1. The molecule has 1 aliphatic rings. The van der Waals surface area contributed by atoms with Crippen molar-refractivity contribution in [2.75, 3.05) is 26.2 Å². The standard InChI is InChI=1S/C16H22N4O2S/c1-9(2)20-11(4)18-14-12(15(20)21)10(3)13(23-14)16(22)19-7-5-17-6-8-19/h9,17H,5-8H2,1-4H3. The molecule has 1 saturated heterocycles. The molecule has 0 aliphatic carbocycles. The van der Waals surface area contributed by atoms with Crippen LogP contribution in [0.1, 0.15) is 40.9 Å². The maximum Gasteiger partial charge on any atom is 0.264 e. The lowest BCUT2D eigenvalue weighted by Crippen LogP contribution is -2.46. The zero-order valence-electron chi connectivity index (χ0n) is 14.0. The van der Waals surface area contributed by atoms with Gasteiger partial charge in [0.25, 0.3) is 11.5 Å². The van der Waals surface area contributed by atoms with Crippen molar-refractivity contribution in [2.24, 2.45) is 0 Å². The lowest BCUT2D eigenvalue weighted by molar-refractivity contribution is 0.0740. The van der Waals surface area contributed by atoms with Gasteiger partial charge in [-0.15, -0.1) is 11.3 Å². The Kier molecular flexibility index (Phi) is 4.25. The number of carbonyl (C=O) groups is 1. The number of hydrogen-bond donors (Lipinski definition) is 1. The molecule has 1 amide bonds. The van der Waals surface area contributed by atoms with Crippen LogP contribution in [0.4, 0.5) is 0 Å². The molecule has 6 nitrogen and oxygen atoms in total. The van der Waals surface area contributed by atoms with Crippen molar-refractivity contribution in [1.82, 2.24) is 19.8 Å². The summed E-state index contributed by atoms with van der Waals surface area (Å²) >= 11 is 1.34. The predicted molar refractivity (Wildman–Crippen MR) is 92.5 cm³/mol. The first-order valence-corrected chi connectivity index (χ1v) is 8.75. The van der Waals surface area contributed by atoms with E-state index in [9.17, 15) is 9.59 Å². The summed E-state index contributed by atoms with van der Waals surface area (Å²) in [4.78, 5) is 33.3. The molecule has 3 rings (SSSR count). The minimum absolute atomic E-state index is 0.0140. The maximum absolute atomic E-state index is 12.8. The van der Waals surface area contributed by atoms with E-state index in [1.54, 1.807) is 4.57 Å². The Hall–Kier alpha value is -1.73. The molecule has 0 unspecified atom stereocenters. The van der Waals surface area contributed by atoms with Crippen LogP contribution in [-0.4, -0.2) is 46.5 Å². The number of rotatable bonds is 2. The van der Waals surface area contributed by atoms with Gasteiger partial charge in [-0.05, 0) is 33.3 Å². The maximum atomic E-state index is 12.8. The molecule has 0 atom stereocenters. The summed E-state index contributed by atoms with van der Waals surface area (Å²) < 4.78 is 1.70. The van der Waals surface area contributed by atoms with E-state index in [1.165, 1.54) is 11.3 Å². The van der Waals surface area contributed by atoms with Gasteiger partial charge in [-0.2, -0.15) is 0 Å². The van der Waals surface area contributed by atoms with Gasteiger partial charge in [0.1, 0.15) is 10.7 Å². The van der Waals surface area contributed by atoms with Crippen molar-refractivity contribution in [1.29, 1.82) is 0 Å². The fraction of sp³-hybridized carbons (Fsp3) is 0.562. The lowest BCUT2D eigenvalue weighted by atomic mass is 10.2. The number of piperazine rings is 1. The monoisotopic (exact) mass is 334 g/mol. The SMILES string of the molecule is Cc1c(C(=O)N2CCNCC2)sc2nc(C)n(C(C)C)c(=O)c12. The van der Waals surface area contributed by atoms with Crippen LogP contribution >= 0.6 is 11.3 Å². The van der Waals surface area contributed by atoms with E-state index in [0.717, 1.165) is 18.7 Å². The molecule has 2 aromatic rings. The molecular weight excluding hydrogens is 312 g/mol. The van der Waals surface area contributed by atoms with Crippen LogP contribution in [-0.2, 0) is 0 Å². The van der Waals surface area contributed by atoms with E-state index >= 15 is 0 Å². The van der Waals surface area contributed by atoms with Crippen LogP contribution in [0, 0.1) is 13.8 Å². The average molecular weight is 334 g/mol. The number of nitrogens with zero attached hydrogens (tertiary/aromatic N) is 3. The molecule has 7 heteroatoms. The van der Waals surface area contributed by atoms with Crippen LogP contribution in [0.2, 0.25) is 0 Å². The predicted octanol–water partition coefficient (Wildman–Crippen LogP) is 1.70. The highest BCUT2D eigenvalue weighted by Gasteiger charge is 2.25. The highest BCUT2D eigenvalue weighted by Crippen LogP contribution is 2.29. The summed E-state index contributed by atoms with van der Waals surface area (Å²) in [5, 5.41) is 3.83. The van der Waals surface area contributed by atoms with Crippen LogP contribution in [0.3, 0.4) is 0 Å². The summed E-state index contributed by atoms with van der Waals surface area (Å²) in [7, 11) is 0. The Bertz CT molecular complexity index is 816. The Labute approximate surface area is 139 Å². The van der Waals surface area contributed by atoms with E-state index in [2.05, 4.69) is 10.3 Å². The van der Waals surface area contributed by atoms with Crippen molar-refractivity contribution >= 4 is 27.5 Å². The highest BCUT2D eigenvalue weighted by molar-refractivity contribution is 7.20. The van der Waals surface area contributed by atoms with Crippen LogP contribution in [0.25, 0.3) is 10.2 Å². The van der Waals surface area contributed by atoms with Crippen molar-refractivity contribution in [3.8, 4) is 0 Å². The molecule has 0 spiro atoms. The number of carbonyl (C=O) groups excluding carboxylic acids is 1. The van der Waals surface area contributed by atoms with E-state index in [4.69, 9.17) is 0 Å². The third-order valence-corrected chi connectivity index (χ3v) is 5.46. The Morgan fingerprint density at radius 1 is 1.26 bits per heavy atom. The second-order valence-electron chi connectivity index (χ2n) is 6.21. The van der Waals surface area contributed by atoms with Gasteiger partial charge in [0.05, 0.1) is 10.3 Å². The number of fused-ring (bicyclic) bond motifs is 1. The van der Waals surface area contributed by atoms with E-state index < -0.39 is 0 Å². The zero-order valence-corrected chi connectivity index (χ0v) is 14.8. The Morgan fingerprint density at radius 2 is 1.91 bits per heavy atom. The first-order chi connectivity index (χ1) is 10.9. The fourth-order valence-corrected chi connectivity index (χ4v) is 4.31. The summed E-state index contributed by atoms with van der Waals surface area (Å²) in [6.45, 7) is 10.7. The van der Waals surface area contributed by atoms with Crippen molar-refractivity contribution < 1.29 is 4.79 Å². The molecular formula is C16H22N4O2S. The summed E-state index contributed by atoms with van der Waals surface area (Å²) in [6.07, 6.45) is 0. The summed E-state index contributed by atoms with van der Waals surface area (Å²) in [5.74, 6) is 0.708. The second-order valence-corrected chi connectivity index (χ2v) is 7.21. The molecule has 23 heavy (non-hydrogen) atoms. The number of hydrogen-bond acceptors (Lipinski definition) is 5. The molecule has 0 radical (unpaired) electrons. The second kappa shape index (κ2) is 6.05. The minimum atomic E-state index is -0.0457. The van der Waals surface area contributed by atoms with Crippen molar-refractivity contribution in [3.63, 3.8) is 0 Å². The number of aromatic nitrogens is 2. The van der Waals surface area contributed by atoms with E-state index in [1.807, 2.05) is 32.6 Å². The van der Waals surface area contributed by atoms with Gasteiger partial charge in [0, 0.05) is 32.2 Å². The van der Waals surface area contributed by atoms with Crippen LogP contribution in [0.5, 0.6) is 0 Å². The van der Waals surface area contributed by atoms with Crippen LogP contribution in [0.15, 0.2) is 4.79 Å². The largest absolute Gasteiger partial charge is 0.335 e. The molecule has 1 aliphatic heterocycles. The number of amides is 1. The quantitative estimate of drug-likeness (QED) is 0.908. The summed E-state index contributed by atoms with van der Waals surface area (Å²) in [5.41, 5.74) is 0.719. The Morgan fingerprint density at radius 3 is 2.52 bits per heavy atom. The number of nitrogens with one attached hydrogen (secondary N) is 1. The van der Waals surface area contributed by atoms with Crippen molar-refractivity contribution in [2.45, 2.75) is 33.7 Å². The molecule has 2 aromatic heterocycles. The molecule has 124 valence electrons. The first-order valence-electron chi connectivity index (χ1n) is 7.94. The lowest BCUT2D eigenvalue weighted by Gasteiger charge is -2.27. The minimum Gasteiger partial charge on any atom is -0.335 e. The van der Waals surface area contributed by atoms with E-state index in [-0.39, 0.29) is 17.5 Å². The topological polar surface area (TPSA) is 67.2 Å². The van der Waals surface area contributed by atoms with Gasteiger partial charge in [-0.3, -0.25) is 14.2 Å². The summed E-state index contributed by atoms with van der Waals surface area (Å²) in [6, 6.07) is 0.0472. The third kappa shape index (κ3) is 2.68. The normalized spacial score (nSPS) is 15.6. The Balaban J connectivity index is 2.13. The molecule has 0 saturated carbocycles. The molecule has 0 aromatic carbocycles. The van der Waals surface area contributed by atoms with Gasteiger partial charge in [-0.25, -0.2) is 4.98 Å². The van der Waals surface area contributed by atoms with Gasteiger partial charge < -0.3 is 10.2 Å². The van der Waals surface area contributed by atoms with Gasteiger partial charge in [-0.1, -0.05) is 0 Å². The van der Waals surface area contributed by atoms with Crippen molar-refractivity contribution in [3.05, 3.63) is 26.6 Å². The smallest absolute Gasteiger partial charge is 0.264 e. The molecule has 0 bridgehead atoms. The average Bonchev–Trinajstić information content (AvgIpc) is 2.83. The molecule has 1 fully saturated rings. The van der Waals surface area contributed by atoms with Gasteiger partial charge >= 0.3 is 0 Å². The third-order valence-electron chi connectivity index (χ3n) is 4.29. The zero-order chi connectivity index (χ0) is 16.7. The van der Waals surface area contributed by atoms with Gasteiger partial charge in [0.2, 0.25) is 0 Å². The van der Waals surface area contributed by atoms with Gasteiger partial charge in [0.15, 0.2) is 0 Å². The molecule has 1 N–H and O–H groups in total. The number of aryl methyl sites for hydroxylation is 2. The first kappa shape index (κ1) is 16.1. The van der Waals surface area contributed by atoms with Crippen LogP contribution < -0.4 is 10.9 Å². The fourth-order valence-electron chi connectivity index (χ4n) is 3.12.